The van der Waals surface area contributed by atoms with Crippen molar-refractivity contribution in [2.24, 2.45) is 5.92 Å². The Kier molecular flexibility index (Phi) is 13.3. The summed E-state index contributed by atoms with van der Waals surface area (Å²) in [5, 5.41) is 0. The molecule has 0 heterocycles. The lowest BCUT2D eigenvalue weighted by Gasteiger charge is -2.22. The first-order valence-corrected chi connectivity index (χ1v) is 11.1. The second-order valence-electron chi connectivity index (χ2n) is 6.46. The number of esters is 1. The van der Waals surface area contributed by atoms with Crippen LogP contribution in [0.2, 0.25) is 0 Å². The molecule has 0 aliphatic rings. The third-order valence-electron chi connectivity index (χ3n) is 4.22. The van der Waals surface area contributed by atoms with Crippen LogP contribution in [0.3, 0.4) is 0 Å². The molecule has 0 amide bonds. The number of hydrogen-bond donors (Lipinski definition) is 0. The van der Waals surface area contributed by atoms with E-state index in [2.05, 4.69) is 6.92 Å². The molecule has 24 heavy (non-hydrogen) atoms. The first-order chi connectivity index (χ1) is 11.4. The van der Waals surface area contributed by atoms with Crippen molar-refractivity contribution in [3.05, 3.63) is 0 Å². The average Bonchev–Trinajstić information content (AvgIpc) is 2.56. The number of carbonyl (C=O) groups excluding carboxylic acids is 1. The third-order valence-corrected chi connectivity index (χ3v) is 6.18. The van der Waals surface area contributed by atoms with Gasteiger partial charge in [-0.15, -0.1) is 0 Å². The van der Waals surface area contributed by atoms with Gasteiger partial charge in [-0.2, -0.15) is 4.31 Å². The molecule has 6 heteroatoms. The van der Waals surface area contributed by atoms with E-state index in [1.165, 1.54) is 23.6 Å². The van der Waals surface area contributed by atoms with Crippen molar-refractivity contribution in [2.45, 2.75) is 79.1 Å². The minimum absolute atomic E-state index is 0.135. The van der Waals surface area contributed by atoms with Crippen molar-refractivity contribution >= 4 is 16.0 Å². The van der Waals surface area contributed by atoms with E-state index in [4.69, 9.17) is 4.74 Å². The quantitative estimate of drug-likeness (QED) is 0.326. The van der Waals surface area contributed by atoms with Gasteiger partial charge in [0.2, 0.25) is 10.0 Å². The van der Waals surface area contributed by atoms with Gasteiger partial charge in [0.05, 0.1) is 11.7 Å². The fraction of sp³-hybridized carbons (Fsp3) is 0.944. The zero-order chi connectivity index (χ0) is 18.4. The molecule has 0 N–H and O–H groups in total. The van der Waals surface area contributed by atoms with Gasteiger partial charge in [0, 0.05) is 13.1 Å². The van der Waals surface area contributed by atoms with Crippen molar-refractivity contribution in [1.29, 1.82) is 0 Å². The Morgan fingerprint density at radius 1 is 0.958 bits per heavy atom. The predicted octanol–water partition coefficient (Wildman–Crippen LogP) is 3.98. The van der Waals surface area contributed by atoms with Crippen LogP contribution in [0.5, 0.6) is 0 Å². The lowest BCUT2D eigenvalue weighted by molar-refractivity contribution is -0.148. The Morgan fingerprint density at radius 2 is 1.58 bits per heavy atom. The molecule has 1 unspecified atom stereocenters. The van der Waals surface area contributed by atoms with Crippen LogP contribution in [-0.4, -0.2) is 44.1 Å². The summed E-state index contributed by atoms with van der Waals surface area (Å²) in [4.78, 5) is 11.7. The molecule has 0 spiro atoms. The zero-order valence-electron chi connectivity index (χ0n) is 16.1. The van der Waals surface area contributed by atoms with Crippen LogP contribution >= 0.6 is 0 Å². The molecule has 144 valence electrons. The molecule has 0 aromatic heterocycles. The Balaban J connectivity index is 4.27. The van der Waals surface area contributed by atoms with E-state index in [9.17, 15) is 13.2 Å². The number of unbranched alkanes of at least 4 members (excludes halogenated alkanes) is 5. The Bertz CT molecular complexity index is 423. The van der Waals surface area contributed by atoms with Gasteiger partial charge in [-0.05, 0) is 19.3 Å². The van der Waals surface area contributed by atoms with Crippen molar-refractivity contribution < 1.29 is 17.9 Å². The van der Waals surface area contributed by atoms with Crippen LogP contribution in [0.4, 0.5) is 0 Å². The third kappa shape index (κ3) is 10.3. The van der Waals surface area contributed by atoms with Gasteiger partial charge in [-0.1, -0.05) is 59.8 Å². The van der Waals surface area contributed by atoms with Crippen LogP contribution in [0, 0.1) is 5.92 Å². The highest BCUT2D eigenvalue weighted by molar-refractivity contribution is 7.89. The number of hydrogen-bond acceptors (Lipinski definition) is 4. The summed E-state index contributed by atoms with van der Waals surface area (Å²) in [5.74, 6) is -0.190. The summed E-state index contributed by atoms with van der Waals surface area (Å²) in [7, 11) is -3.26. The first kappa shape index (κ1) is 23.4. The summed E-state index contributed by atoms with van der Waals surface area (Å²) in [6.45, 7) is 8.76. The fourth-order valence-electron chi connectivity index (χ4n) is 2.39. The van der Waals surface area contributed by atoms with Crippen molar-refractivity contribution in [3.8, 4) is 0 Å². The maximum atomic E-state index is 12.5. The normalized spacial score (nSPS) is 13.2. The highest BCUT2D eigenvalue weighted by atomic mass is 32.2. The molecule has 0 aromatic rings. The summed E-state index contributed by atoms with van der Waals surface area (Å²) < 4.78 is 31.6. The standard InChI is InChI=1S/C18H37NO4S/c1-5-8-9-10-11-12-16-24(21,22)19(13-6-2)14-15-23-18(20)17(4)7-3/h17H,5-16H2,1-4H3. The van der Waals surface area contributed by atoms with Crippen LogP contribution in [0.15, 0.2) is 0 Å². The summed E-state index contributed by atoms with van der Waals surface area (Å²) >= 11 is 0. The summed E-state index contributed by atoms with van der Waals surface area (Å²) in [6.07, 6.45) is 7.85. The van der Waals surface area contributed by atoms with Crippen LogP contribution in [0.1, 0.15) is 79.1 Å². The van der Waals surface area contributed by atoms with Gasteiger partial charge in [-0.25, -0.2) is 8.42 Å². The monoisotopic (exact) mass is 363 g/mol. The highest BCUT2D eigenvalue weighted by Crippen LogP contribution is 2.10. The van der Waals surface area contributed by atoms with Gasteiger partial charge < -0.3 is 4.74 Å². The number of sulfonamides is 1. The molecule has 0 bridgehead atoms. The average molecular weight is 364 g/mol. The molecular weight excluding hydrogens is 326 g/mol. The van der Waals surface area contributed by atoms with E-state index in [0.717, 1.165) is 25.7 Å². The second-order valence-corrected chi connectivity index (χ2v) is 8.55. The van der Waals surface area contributed by atoms with E-state index in [0.29, 0.717) is 13.0 Å². The molecule has 0 aromatic carbocycles. The van der Waals surface area contributed by atoms with Crippen molar-refractivity contribution in [1.82, 2.24) is 4.31 Å². The van der Waals surface area contributed by atoms with Crippen LogP contribution < -0.4 is 0 Å². The van der Waals surface area contributed by atoms with Crippen molar-refractivity contribution in [3.63, 3.8) is 0 Å². The van der Waals surface area contributed by atoms with Gasteiger partial charge >= 0.3 is 5.97 Å². The lowest BCUT2D eigenvalue weighted by Crippen LogP contribution is -2.37. The zero-order valence-corrected chi connectivity index (χ0v) is 16.9. The van der Waals surface area contributed by atoms with Crippen LogP contribution in [-0.2, 0) is 19.6 Å². The Hall–Kier alpha value is -0.620. The molecule has 0 rings (SSSR count). The molecule has 0 fully saturated rings. The maximum absolute atomic E-state index is 12.5. The van der Waals surface area contributed by atoms with Gasteiger partial charge in [0.25, 0.3) is 0 Å². The number of carbonyl (C=O) groups is 1. The van der Waals surface area contributed by atoms with Crippen LogP contribution in [0.25, 0.3) is 0 Å². The molecular formula is C18H37NO4S. The Labute approximate surface area is 149 Å². The second kappa shape index (κ2) is 13.6. The molecule has 0 aliphatic carbocycles. The highest BCUT2D eigenvalue weighted by Gasteiger charge is 2.21. The lowest BCUT2D eigenvalue weighted by atomic mass is 10.1. The molecule has 5 nitrogen and oxygen atoms in total. The van der Waals surface area contributed by atoms with E-state index < -0.39 is 10.0 Å². The number of ether oxygens (including phenoxy) is 1. The van der Waals surface area contributed by atoms with Gasteiger partial charge in [-0.3, -0.25) is 4.79 Å². The van der Waals surface area contributed by atoms with E-state index in [1.807, 2.05) is 20.8 Å². The molecule has 0 radical (unpaired) electrons. The Morgan fingerprint density at radius 3 is 2.17 bits per heavy atom. The number of rotatable bonds is 15. The molecule has 1 atom stereocenters. The van der Waals surface area contributed by atoms with E-state index >= 15 is 0 Å². The van der Waals surface area contributed by atoms with Gasteiger partial charge in [0.15, 0.2) is 0 Å². The molecule has 0 saturated heterocycles. The predicted molar refractivity (Wildman–Crippen MR) is 99.4 cm³/mol. The van der Waals surface area contributed by atoms with Crippen molar-refractivity contribution in [2.75, 3.05) is 25.4 Å². The molecule has 0 saturated carbocycles. The minimum atomic E-state index is -3.26. The number of nitrogens with zero attached hydrogens (tertiary/aromatic N) is 1. The van der Waals surface area contributed by atoms with Gasteiger partial charge in [0.1, 0.15) is 6.61 Å². The minimum Gasteiger partial charge on any atom is -0.464 e. The first-order valence-electron chi connectivity index (χ1n) is 9.53. The largest absolute Gasteiger partial charge is 0.464 e. The SMILES string of the molecule is CCCCCCCCS(=O)(=O)N(CCC)CCOC(=O)C(C)CC. The topological polar surface area (TPSA) is 63.7 Å². The smallest absolute Gasteiger partial charge is 0.308 e. The summed E-state index contributed by atoms with van der Waals surface area (Å²) in [5.41, 5.74) is 0. The van der Waals surface area contributed by atoms with E-state index in [-0.39, 0.29) is 30.8 Å². The fourth-order valence-corrected chi connectivity index (χ4v) is 4.03. The maximum Gasteiger partial charge on any atom is 0.308 e. The molecule has 0 aliphatic heterocycles. The summed E-state index contributed by atoms with van der Waals surface area (Å²) in [6, 6.07) is 0. The van der Waals surface area contributed by atoms with E-state index in [1.54, 1.807) is 0 Å².